The van der Waals surface area contributed by atoms with Gasteiger partial charge in [0.15, 0.2) is 11.6 Å². The highest BCUT2D eigenvalue weighted by Crippen LogP contribution is 2.42. The molecular formula is C25H24F2N2OS. The fourth-order valence-electron chi connectivity index (χ4n) is 5.18. The fraction of sp³-hybridized carbons (Fsp3) is 0.320. The molecule has 2 fully saturated rings. The number of piperidine rings is 1. The number of nitrogens with zero attached hydrogens (tertiary/aromatic N) is 2. The molecule has 0 N–H and O–H groups in total. The number of rotatable bonds is 4. The van der Waals surface area contributed by atoms with Crippen LogP contribution >= 0.6 is 11.3 Å². The molecule has 160 valence electrons. The van der Waals surface area contributed by atoms with Gasteiger partial charge in [-0.2, -0.15) is 0 Å². The van der Waals surface area contributed by atoms with Gasteiger partial charge >= 0.3 is 0 Å². The number of carbonyl (C=O) groups excluding carboxylic acids is 1. The molecule has 0 bridgehead atoms. The van der Waals surface area contributed by atoms with Crippen LogP contribution in [0.4, 0.5) is 8.78 Å². The zero-order chi connectivity index (χ0) is 21.4. The summed E-state index contributed by atoms with van der Waals surface area (Å²) in [7, 11) is 0. The summed E-state index contributed by atoms with van der Waals surface area (Å²) in [4.78, 5) is 18.1. The number of benzene rings is 2. The Hall–Kier alpha value is -2.57. The largest absolute Gasteiger partial charge is 0.338 e. The van der Waals surface area contributed by atoms with Crippen molar-refractivity contribution in [3.63, 3.8) is 0 Å². The van der Waals surface area contributed by atoms with Crippen molar-refractivity contribution in [2.45, 2.75) is 24.9 Å². The molecule has 5 rings (SSSR count). The summed E-state index contributed by atoms with van der Waals surface area (Å²) < 4.78 is 27.6. The Morgan fingerprint density at radius 1 is 1.00 bits per heavy atom. The molecule has 3 heterocycles. The van der Waals surface area contributed by atoms with E-state index < -0.39 is 11.6 Å². The van der Waals surface area contributed by atoms with Crippen LogP contribution in [0, 0.1) is 17.6 Å². The van der Waals surface area contributed by atoms with Crippen molar-refractivity contribution in [1.29, 1.82) is 0 Å². The molecular weight excluding hydrogens is 414 g/mol. The molecule has 3 aromatic rings. The number of halogens is 2. The lowest BCUT2D eigenvalue weighted by molar-refractivity contribution is 0.0588. The maximum atomic E-state index is 14.0. The summed E-state index contributed by atoms with van der Waals surface area (Å²) in [6.45, 7) is 2.95. The van der Waals surface area contributed by atoms with Crippen molar-refractivity contribution in [1.82, 2.24) is 9.80 Å². The van der Waals surface area contributed by atoms with Gasteiger partial charge < -0.3 is 4.90 Å². The van der Waals surface area contributed by atoms with E-state index in [0.717, 1.165) is 30.0 Å². The van der Waals surface area contributed by atoms with Gasteiger partial charge in [-0.05, 0) is 41.1 Å². The second kappa shape index (κ2) is 8.52. The second-order valence-electron chi connectivity index (χ2n) is 8.44. The molecule has 1 aromatic heterocycles. The van der Waals surface area contributed by atoms with Gasteiger partial charge in [-0.15, -0.1) is 11.3 Å². The highest BCUT2D eigenvalue weighted by Gasteiger charge is 2.46. The van der Waals surface area contributed by atoms with Gasteiger partial charge in [0.25, 0.3) is 5.91 Å². The highest BCUT2D eigenvalue weighted by atomic mass is 32.1. The number of fused-ring (bicyclic) bond motifs is 1. The van der Waals surface area contributed by atoms with Crippen LogP contribution in [0.15, 0.2) is 66.0 Å². The summed E-state index contributed by atoms with van der Waals surface area (Å²) in [6.07, 6.45) is 0.884. The summed E-state index contributed by atoms with van der Waals surface area (Å²) in [5, 5.41) is 1.92. The zero-order valence-corrected chi connectivity index (χ0v) is 17.9. The summed E-state index contributed by atoms with van der Waals surface area (Å²) in [6, 6.07) is 18.7. The predicted octanol–water partition coefficient (Wildman–Crippen LogP) is 5.16. The molecule has 3 nitrogen and oxygen atoms in total. The average molecular weight is 439 g/mol. The van der Waals surface area contributed by atoms with E-state index in [4.69, 9.17) is 0 Å². The Morgan fingerprint density at radius 2 is 1.84 bits per heavy atom. The normalized spacial score (nSPS) is 23.7. The van der Waals surface area contributed by atoms with E-state index in [1.807, 2.05) is 40.6 Å². The Kier molecular flexibility index (Phi) is 5.59. The summed E-state index contributed by atoms with van der Waals surface area (Å²) in [5.74, 6) is -1.32. The van der Waals surface area contributed by atoms with Crippen LogP contribution in [-0.2, 0) is 6.54 Å². The Morgan fingerprint density at radius 3 is 2.58 bits per heavy atom. The highest BCUT2D eigenvalue weighted by molar-refractivity contribution is 7.12. The first-order chi connectivity index (χ1) is 15.1. The molecule has 0 spiro atoms. The fourth-order valence-corrected chi connectivity index (χ4v) is 5.87. The SMILES string of the molecule is O=C(c1cccs1)N1CC[C@H]2[C@@H](C1)[C@H](c1ccc(F)c(F)c1)CN2Cc1ccccc1. The van der Waals surface area contributed by atoms with Crippen molar-refractivity contribution in [2.24, 2.45) is 5.92 Å². The van der Waals surface area contributed by atoms with Crippen LogP contribution < -0.4 is 0 Å². The van der Waals surface area contributed by atoms with Gasteiger partial charge in [0.2, 0.25) is 0 Å². The molecule has 2 saturated heterocycles. The lowest BCUT2D eigenvalue weighted by Crippen LogP contribution is -2.48. The summed E-state index contributed by atoms with van der Waals surface area (Å²) in [5.41, 5.74) is 2.05. The van der Waals surface area contributed by atoms with E-state index in [2.05, 4.69) is 17.0 Å². The van der Waals surface area contributed by atoms with E-state index >= 15 is 0 Å². The van der Waals surface area contributed by atoms with Crippen molar-refractivity contribution in [2.75, 3.05) is 19.6 Å². The van der Waals surface area contributed by atoms with E-state index in [0.29, 0.717) is 19.1 Å². The molecule has 1 amide bonds. The minimum atomic E-state index is -0.822. The van der Waals surface area contributed by atoms with Gasteiger partial charge in [0.05, 0.1) is 4.88 Å². The van der Waals surface area contributed by atoms with Crippen molar-refractivity contribution in [3.8, 4) is 0 Å². The lowest BCUT2D eigenvalue weighted by Gasteiger charge is -2.39. The number of hydrogen-bond acceptors (Lipinski definition) is 3. The number of carbonyl (C=O) groups is 1. The molecule has 6 heteroatoms. The maximum Gasteiger partial charge on any atom is 0.263 e. The lowest BCUT2D eigenvalue weighted by atomic mass is 9.81. The Labute approximate surface area is 184 Å². The van der Waals surface area contributed by atoms with Crippen LogP contribution in [0.3, 0.4) is 0 Å². The van der Waals surface area contributed by atoms with Crippen molar-refractivity contribution < 1.29 is 13.6 Å². The van der Waals surface area contributed by atoms with Gasteiger partial charge in [0.1, 0.15) is 0 Å². The van der Waals surface area contributed by atoms with Gasteiger partial charge in [-0.3, -0.25) is 9.69 Å². The number of hydrogen-bond donors (Lipinski definition) is 0. The molecule has 0 radical (unpaired) electrons. The Balaban J connectivity index is 1.43. The van der Waals surface area contributed by atoms with Gasteiger partial charge in [-0.25, -0.2) is 8.78 Å². The minimum Gasteiger partial charge on any atom is -0.338 e. The third kappa shape index (κ3) is 4.02. The van der Waals surface area contributed by atoms with E-state index in [-0.39, 0.29) is 17.7 Å². The summed E-state index contributed by atoms with van der Waals surface area (Å²) >= 11 is 1.46. The first-order valence-corrected chi connectivity index (χ1v) is 11.5. The van der Waals surface area contributed by atoms with Crippen LogP contribution in [-0.4, -0.2) is 41.4 Å². The van der Waals surface area contributed by atoms with E-state index in [9.17, 15) is 13.6 Å². The molecule has 0 aliphatic carbocycles. The minimum absolute atomic E-state index is 0.0581. The van der Waals surface area contributed by atoms with Gasteiger partial charge in [0, 0.05) is 44.1 Å². The molecule has 3 atom stereocenters. The first kappa shape index (κ1) is 20.3. The standard InChI is InChI=1S/C25H24F2N2OS/c26-21-9-8-18(13-22(21)27)19-15-29(14-17-5-2-1-3-6-17)23-10-11-28(16-20(19)23)25(30)24-7-4-12-31-24/h1-9,12-13,19-20,23H,10-11,14-16H2/t19-,20-,23-/m0/s1. The monoisotopic (exact) mass is 438 g/mol. The predicted molar refractivity (Wildman–Crippen MR) is 118 cm³/mol. The van der Waals surface area contributed by atoms with Crippen LogP contribution in [0.5, 0.6) is 0 Å². The molecule has 2 aromatic carbocycles. The molecule has 0 saturated carbocycles. The number of thiophene rings is 1. The zero-order valence-electron chi connectivity index (χ0n) is 17.1. The number of amides is 1. The first-order valence-electron chi connectivity index (χ1n) is 10.7. The van der Waals surface area contributed by atoms with E-state index in [1.165, 1.54) is 29.0 Å². The van der Waals surface area contributed by atoms with Crippen LogP contribution in [0.1, 0.15) is 33.1 Å². The number of likely N-dealkylation sites (tertiary alicyclic amines) is 2. The van der Waals surface area contributed by atoms with Crippen molar-refractivity contribution >= 4 is 17.2 Å². The average Bonchev–Trinajstić information content (AvgIpc) is 3.44. The maximum absolute atomic E-state index is 14.0. The third-order valence-electron chi connectivity index (χ3n) is 6.66. The molecule has 31 heavy (non-hydrogen) atoms. The molecule has 0 unspecified atom stereocenters. The van der Waals surface area contributed by atoms with Crippen molar-refractivity contribution in [3.05, 3.63) is 93.7 Å². The van der Waals surface area contributed by atoms with Gasteiger partial charge in [-0.1, -0.05) is 42.5 Å². The van der Waals surface area contributed by atoms with Crippen LogP contribution in [0.2, 0.25) is 0 Å². The topological polar surface area (TPSA) is 23.6 Å². The quantitative estimate of drug-likeness (QED) is 0.562. The van der Waals surface area contributed by atoms with Crippen LogP contribution in [0.25, 0.3) is 0 Å². The molecule has 2 aliphatic heterocycles. The second-order valence-corrected chi connectivity index (χ2v) is 9.39. The smallest absolute Gasteiger partial charge is 0.263 e. The third-order valence-corrected chi connectivity index (χ3v) is 7.51. The molecule has 2 aliphatic rings. The van der Waals surface area contributed by atoms with E-state index in [1.54, 1.807) is 6.07 Å². The Bertz CT molecular complexity index is 1060.